The van der Waals surface area contributed by atoms with E-state index in [9.17, 15) is 10.1 Å². The van der Waals surface area contributed by atoms with Crippen LogP contribution in [0.3, 0.4) is 0 Å². The van der Waals surface area contributed by atoms with E-state index in [0.29, 0.717) is 6.04 Å². The molecule has 0 aliphatic heterocycles. The third-order valence-electron chi connectivity index (χ3n) is 4.72. The molecule has 1 N–H and O–H groups in total. The van der Waals surface area contributed by atoms with Gasteiger partial charge in [-0.05, 0) is 38.2 Å². The van der Waals surface area contributed by atoms with Gasteiger partial charge in [0.2, 0.25) is 0 Å². The molecule has 0 saturated heterocycles. The van der Waals surface area contributed by atoms with E-state index < -0.39 is 0 Å². The molecule has 1 unspecified atom stereocenters. The highest BCUT2D eigenvalue weighted by Gasteiger charge is 2.20. The molecule has 0 heterocycles. The highest BCUT2D eigenvalue weighted by Crippen LogP contribution is 2.27. The van der Waals surface area contributed by atoms with Crippen molar-refractivity contribution in [1.29, 1.82) is 0 Å². The molecule has 2 rings (SSSR count). The lowest BCUT2D eigenvalue weighted by molar-refractivity contribution is -0.384. The predicted octanol–water partition coefficient (Wildman–Crippen LogP) is 4.60. The van der Waals surface area contributed by atoms with Gasteiger partial charge < -0.3 is 5.32 Å². The fourth-order valence-corrected chi connectivity index (χ4v) is 3.32. The molecular formula is C17H26N2O2. The molecule has 1 saturated carbocycles. The topological polar surface area (TPSA) is 55.2 Å². The molecule has 4 heteroatoms. The van der Waals surface area contributed by atoms with Gasteiger partial charge in [-0.15, -0.1) is 0 Å². The Balaban J connectivity index is 1.93. The number of rotatable bonds is 5. The van der Waals surface area contributed by atoms with Crippen molar-refractivity contribution in [3.05, 3.63) is 39.9 Å². The summed E-state index contributed by atoms with van der Waals surface area (Å²) in [6.07, 6.45) is 8.09. The standard InChI is InChI=1S/C17H26N2O2/c1-13(15-7-5-3-4-6-8-15)18-14(2)16-9-11-17(12-10-16)19(20)21/h9-15,18H,3-8H2,1-2H3/t13-,14?/m1/s1. The van der Waals surface area contributed by atoms with Crippen LogP contribution in [-0.2, 0) is 0 Å². The van der Waals surface area contributed by atoms with Crippen LogP contribution in [0.1, 0.15) is 64.0 Å². The Labute approximate surface area is 127 Å². The summed E-state index contributed by atoms with van der Waals surface area (Å²) in [5, 5.41) is 14.4. The van der Waals surface area contributed by atoms with Crippen LogP contribution in [-0.4, -0.2) is 11.0 Å². The maximum absolute atomic E-state index is 10.7. The van der Waals surface area contributed by atoms with E-state index in [1.54, 1.807) is 12.1 Å². The SMILES string of the molecule is CC(N[C@H](C)C1CCCCCC1)c1ccc([N+](=O)[O-])cc1. The minimum atomic E-state index is -0.351. The smallest absolute Gasteiger partial charge is 0.269 e. The lowest BCUT2D eigenvalue weighted by atomic mass is 9.92. The van der Waals surface area contributed by atoms with Crippen molar-refractivity contribution in [1.82, 2.24) is 5.32 Å². The fraction of sp³-hybridized carbons (Fsp3) is 0.647. The van der Waals surface area contributed by atoms with Crippen LogP contribution in [0.2, 0.25) is 0 Å². The van der Waals surface area contributed by atoms with Crippen molar-refractivity contribution in [2.45, 2.75) is 64.5 Å². The number of nitro benzene ring substituents is 1. The van der Waals surface area contributed by atoms with Gasteiger partial charge in [-0.25, -0.2) is 0 Å². The Morgan fingerprint density at radius 1 is 1.10 bits per heavy atom. The Bertz CT molecular complexity index is 450. The fourth-order valence-electron chi connectivity index (χ4n) is 3.32. The summed E-state index contributed by atoms with van der Waals surface area (Å²) in [4.78, 5) is 10.3. The number of hydrogen-bond acceptors (Lipinski definition) is 3. The van der Waals surface area contributed by atoms with Crippen LogP contribution >= 0.6 is 0 Å². The summed E-state index contributed by atoms with van der Waals surface area (Å²) in [6.45, 7) is 4.41. The Morgan fingerprint density at radius 2 is 1.67 bits per heavy atom. The van der Waals surface area contributed by atoms with E-state index >= 15 is 0 Å². The molecule has 116 valence electrons. The third kappa shape index (κ3) is 4.53. The zero-order valence-electron chi connectivity index (χ0n) is 13.0. The van der Waals surface area contributed by atoms with Crippen molar-refractivity contribution < 1.29 is 4.92 Å². The zero-order valence-corrected chi connectivity index (χ0v) is 13.0. The number of benzene rings is 1. The number of nitrogens with zero attached hydrogens (tertiary/aromatic N) is 1. The largest absolute Gasteiger partial charge is 0.307 e. The van der Waals surface area contributed by atoms with Gasteiger partial charge in [0.1, 0.15) is 0 Å². The van der Waals surface area contributed by atoms with Crippen LogP contribution in [0, 0.1) is 16.0 Å². The second-order valence-corrected chi connectivity index (χ2v) is 6.28. The Morgan fingerprint density at radius 3 is 2.19 bits per heavy atom. The van der Waals surface area contributed by atoms with Gasteiger partial charge in [0.15, 0.2) is 0 Å². The highest BCUT2D eigenvalue weighted by atomic mass is 16.6. The molecule has 0 amide bonds. The van der Waals surface area contributed by atoms with E-state index in [-0.39, 0.29) is 16.7 Å². The normalized spacial score (nSPS) is 19.7. The quantitative estimate of drug-likeness (QED) is 0.489. The molecule has 0 bridgehead atoms. The van der Waals surface area contributed by atoms with Gasteiger partial charge in [-0.2, -0.15) is 0 Å². The van der Waals surface area contributed by atoms with E-state index in [1.807, 2.05) is 12.1 Å². The molecule has 0 radical (unpaired) electrons. The van der Waals surface area contributed by atoms with Crippen LogP contribution in [0.15, 0.2) is 24.3 Å². The van der Waals surface area contributed by atoms with Gasteiger partial charge in [-0.1, -0.05) is 37.8 Å². The van der Waals surface area contributed by atoms with E-state index in [1.165, 1.54) is 38.5 Å². The minimum Gasteiger partial charge on any atom is -0.307 e. The van der Waals surface area contributed by atoms with E-state index in [4.69, 9.17) is 0 Å². The average molecular weight is 290 g/mol. The maximum Gasteiger partial charge on any atom is 0.269 e. The summed E-state index contributed by atoms with van der Waals surface area (Å²) < 4.78 is 0. The first-order valence-electron chi connectivity index (χ1n) is 8.08. The summed E-state index contributed by atoms with van der Waals surface area (Å²) in [6, 6.07) is 7.61. The van der Waals surface area contributed by atoms with Crippen LogP contribution < -0.4 is 5.32 Å². The molecule has 0 spiro atoms. The van der Waals surface area contributed by atoms with Crippen molar-refractivity contribution in [2.24, 2.45) is 5.92 Å². The Kier molecular flexibility index (Phi) is 5.74. The van der Waals surface area contributed by atoms with E-state index in [2.05, 4.69) is 19.2 Å². The molecule has 1 aromatic carbocycles. The molecular weight excluding hydrogens is 264 g/mol. The molecule has 0 aromatic heterocycles. The van der Waals surface area contributed by atoms with Crippen LogP contribution in [0.25, 0.3) is 0 Å². The van der Waals surface area contributed by atoms with Gasteiger partial charge in [-0.3, -0.25) is 10.1 Å². The minimum absolute atomic E-state index is 0.155. The summed E-state index contributed by atoms with van der Waals surface area (Å²) in [7, 11) is 0. The van der Waals surface area contributed by atoms with Crippen molar-refractivity contribution in [2.75, 3.05) is 0 Å². The van der Waals surface area contributed by atoms with Crippen LogP contribution in [0.5, 0.6) is 0 Å². The number of nitrogens with one attached hydrogen (secondary N) is 1. The molecule has 2 atom stereocenters. The van der Waals surface area contributed by atoms with Crippen molar-refractivity contribution >= 4 is 5.69 Å². The summed E-state index contributed by atoms with van der Waals surface area (Å²) >= 11 is 0. The van der Waals surface area contributed by atoms with Gasteiger partial charge >= 0.3 is 0 Å². The first kappa shape index (κ1) is 16.0. The monoisotopic (exact) mass is 290 g/mol. The first-order valence-corrected chi connectivity index (χ1v) is 8.08. The summed E-state index contributed by atoms with van der Waals surface area (Å²) in [5.74, 6) is 0.757. The Hall–Kier alpha value is -1.42. The second kappa shape index (κ2) is 7.55. The molecule has 1 aliphatic carbocycles. The first-order chi connectivity index (χ1) is 10.1. The maximum atomic E-state index is 10.7. The van der Waals surface area contributed by atoms with E-state index in [0.717, 1.165) is 11.5 Å². The zero-order chi connectivity index (χ0) is 15.2. The second-order valence-electron chi connectivity index (χ2n) is 6.28. The van der Waals surface area contributed by atoms with Crippen LogP contribution in [0.4, 0.5) is 5.69 Å². The molecule has 1 fully saturated rings. The lowest BCUT2D eigenvalue weighted by Gasteiger charge is -2.27. The van der Waals surface area contributed by atoms with Gasteiger partial charge in [0.05, 0.1) is 4.92 Å². The van der Waals surface area contributed by atoms with Gasteiger partial charge in [0.25, 0.3) is 5.69 Å². The van der Waals surface area contributed by atoms with Crippen molar-refractivity contribution in [3.63, 3.8) is 0 Å². The molecule has 1 aromatic rings. The average Bonchev–Trinajstić information content (AvgIpc) is 2.76. The molecule has 4 nitrogen and oxygen atoms in total. The summed E-state index contributed by atoms with van der Waals surface area (Å²) in [5.41, 5.74) is 1.27. The predicted molar refractivity (Wildman–Crippen MR) is 85.3 cm³/mol. The number of non-ortho nitro benzene ring substituents is 1. The molecule has 21 heavy (non-hydrogen) atoms. The van der Waals surface area contributed by atoms with Crippen molar-refractivity contribution in [3.8, 4) is 0 Å². The number of hydrogen-bond donors (Lipinski definition) is 1. The highest BCUT2D eigenvalue weighted by molar-refractivity contribution is 5.34. The third-order valence-corrected chi connectivity index (χ3v) is 4.72. The van der Waals surface area contributed by atoms with Gasteiger partial charge in [0, 0.05) is 24.2 Å². The molecule has 1 aliphatic rings. The lowest BCUT2D eigenvalue weighted by Crippen LogP contribution is -2.35. The number of nitro groups is 1.